The summed E-state index contributed by atoms with van der Waals surface area (Å²) in [6.07, 6.45) is 2.74. The third kappa shape index (κ3) is 4.09. The van der Waals surface area contributed by atoms with E-state index in [2.05, 4.69) is 10.3 Å². The maximum Gasteiger partial charge on any atom is 0.217 e. The van der Waals surface area contributed by atoms with Crippen LogP contribution in [0.4, 0.5) is 5.69 Å². The zero-order chi connectivity index (χ0) is 10.4. The smallest absolute Gasteiger partial charge is 0.217 e. The van der Waals surface area contributed by atoms with Crippen molar-refractivity contribution in [3.8, 4) is 0 Å². The summed E-state index contributed by atoms with van der Waals surface area (Å²) >= 11 is 5.68. The first-order valence-corrected chi connectivity index (χ1v) is 4.70. The number of primary amides is 1. The minimum atomic E-state index is -0.278. The van der Waals surface area contributed by atoms with Crippen LogP contribution >= 0.6 is 11.6 Å². The molecule has 0 radical (unpaired) electrons. The number of aromatic nitrogens is 1. The number of rotatable bonds is 5. The van der Waals surface area contributed by atoms with Gasteiger partial charge in [0.2, 0.25) is 5.91 Å². The predicted octanol–water partition coefficient (Wildman–Crippen LogP) is 1.41. The summed E-state index contributed by atoms with van der Waals surface area (Å²) in [7, 11) is 0. The third-order valence-corrected chi connectivity index (χ3v) is 1.86. The zero-order valence-corrected chi connectivity index (χ0v) is 8.42. The van der Waals surface area contributed by atoms with Gasteiger partial charge in [-0.25, -0.2) is 4.98 Å². The molecule has 0 aliphatic carbocycles. The van der Waals surface area contributed by atoms with Gasteiger partial charge in [-0.3, -0.25) is 4.79 Å². The Bertz CT molecular complexity index is 317. The van der Waals surface area contributed by atoms with Crippen LogP contribution in [0.2, 0.25) is 5.15 Å². The largest absolute Gasteiger partial charge is 0.385 e. The lowest BCUT2D eigenvalue weighted by atomic mass is 10.3. The van der Waals surface area contributed by atoms with Crippen molar-refractivity contribution in [3.05, 3.63) is 23.5 Å². The Labute approximate surface area is 87.5 Å². The van der Waals surface area contributed by atoms with Gasteiger partial charge in [-0.1, -0.05) is 11.6 Å². The summed E-state index contributed by atoms with van der Waals surface area (Å²) in [6, 6.07) is 3.54. The fourth-order valence-corrected chi connectivity index (χ4v) is 1.18. The number of anilines is 1. The molecule has 0 saturated heterocycles. The summed E-state index contributed by atoms with van der Waals surface area (Å²) in [4.78, 5) is 14.3. The number of halogens is 1. The minimum absolute atomic E-state index is 0.278. The van der Waals surface area contributed by atoms with Crippen molar-refractivity contribution >= 4 is 23.2 Å². The molecule has 1 amide bonds. The average Bonchev–Trinajstić information content (AvgIpc) is 2.12. The molecule has 1 aromatic rings. The number of pyridine rings is 1. The minimum Gasteiger partial charge on any atom is -0.385 e. The fourth-order valence-electron chi connectivity index (χ4n) is 1.01. The lowest BCUT2D eigenvalue weighted by Gasteiger charge is -2.04. The van der Waals surface area contributed by atoms with Crippen LogP contribution in [-0.4, -0.2) is 17.4 Å². The fraction of sp³-hybridized carbons (Fsp3) is 0.333. The molecule has 1 rings (SSSR count). The number of nitrogens with two attached hydrogens (primary N) is 1. The molecule has 0 aliphatic rings. The number of carbonyl (C=O) groups excluding carboxylic acids is 1. The number of carbonyl (C=O) groups is 1. The molecule has 14 heavy (non-hydrogen) atoms. The van der Waals surface area contributed by atoms with Gasteiger partial charge in [0.05, 0.1) is 0 Å². The summed E-state index contributed by atoms with van der Waals surface area (Å²) in [5.74, 6) is -0.278. The topological polar surface area (TPSA) is 68.0 Å². The first-order valence-electron chi connectivity index (χ1n) is 4.32. The quantitative estimate of drug-likeness (QED) is 0.574. The molecule has 76 valence electrons. The van der Waals surface area contributed by atoms with Gasteiger partial charge in [0, 0.05) is 24.8 Å². The molecule has 5 heteroatoms. The Balaban J connectivity index is 2.28. The second kappa shape index (κ2) is 5.44. The molecule has 0 aromatic carbocycles. The second-order valence-corrected chi connectivity index (χ2v) is 3.25. The molecule has 0 bridgehead atoms. The van der Waals surface area contributed by atoms with Gasteiger partial charge in [0.25, 0.3) is 0 Å². The lowest BCUT2D eigenvalue weighted by molar-refractivity contribution is -0.118. The van der Waals surface area contributed by atoms with E-state index in [-0.39, 0.29) is 5.91 Å². The highest BCUT2D eigenvalue weighted by Gasteiger charge is 1.95. The Kier molecular flexibility index (Phi) is 4.19. The van der Waals surface area contributed by atoms with Gasteiger partial charge in [-0.15, -0.1) is 0 Å². The van der Waals surface area contributed by atoms with Gasteiger partial charge in [0.15, 0.2) is 0 Å². The van der Waals surface area contributed by atoms with Gasteiger partial charge in [-0.2, -0.15) is 0 Å². The van der Waals surface area contributed by atoms with E-state index in [1.165, 1.54) is 0 Å². The molecule has 3 N–H and O–H groups in total. The molecule has 1 aromatic heterocycles. The average molecular weight is 214 g/mol. The first kappa shape index (κ1) is 10.8. The molecule has 0 spiro atoms. The van der Waals surface area contributed by atoms with E-state index in [4.69, 9.17) is 17.3 Å². The Morgan fingerprint density at radius 1 is 1.64 bits per heavy atom. The third-order valence-electron chi connectivity index (χ3n) is 1.66. The van der Waals surface area contributed by atoms with Gasteiger partial charge in [0.1, 0.15) is 5.15 Å². The number of amides is 1. The van der Waals surface area contributed by atoms with E-state index in [9.17, 15) is 4.79 Å². The van der Waals surface area contributed by atoms with Crippen LogP contribution in [0.15, 0.2) is 18.3 Å². The molecule has 0 unspecified atom stereocenters. The summed E-state index contributed by atoms with van der Waals surface area (Å²) in [6.45, 7) is 0.698. The molecule has 0 fully saturated rings. The summed E-state index contributed by atoms with van der Waals surface area (Å²) < 4.78 is 0. The van der Waals surface area contributed by atoms with E-state index in [0.717, 1.165) is 12.1 Å². The van der Waals surface area contributed by atoms with Crippen molar-refractivity contribution in [2.24, 2.45) is 5.73 Å². The molecule has 4 nitrogen and oxygen atoms in total. The number of nitrogens with zero attached hydrogens (tertiary/aromatic N) is 1. The van der Waals surface area contributed by atoms with E-state index >= 15 is 0 Å². The van der Waals surface area contributed by atoms with E-state index < -0.39 is 0 Å². The van der Waals surface area contributed by atoms with Crippen LogP contribution in [0.5, 0.6) is 0 Å². The summed E-state index contributed by atoms with van der Waals surface area (Å²) in [5, 5.41) is 3.56. The molecular formula is C9H12ClN3O. The maximum atomic E-state index is 10.4. The van der Waals surface area contributed by atoms with Gasteiger partial charge < -0.3 is 11.1 Å². The Morgan fingerprint density at radius 3 is 3.07 bits per heavy atom. The van der Waals surface area contributed by atoms with Crippen molar-refractivity contribution in [1.29, 1.82) is 0 Å². The monoisotopic (exact) mass is 213 g/mol. The SMILES string of the molecule is NC(=O)CCCNc1ccnc(Cl)c1. The molecule has 1 heterocycles. The van der Waals surface area contributed by atoms with Gasteiger partial charge in [-0.05, 0) is 18.6 Å². The van der Waals surface area contributed by atoms with Crippen molar-refractivity contribution in [2.75, 3.05) is 11.9 Å². The maximum absolute atomic E-state index is 10.4. The highest BCUT2D eigenvalue weighted by Crippen LogP contribution is 2.11. The molecule has 0 saturated carbocycles. The number of nitrogens with one attached hydrogen (secondary N) is 1. The van der Waals surface area contributed by atoms with Crippen molar-refractivity contribution in [1.82, 2.24) is 4.98 Å². The zero-order valence-electron chi connectivity index (χ0n) is 7.66. The summed E-state index contributed by atoms with van der Waals surface area (Å²) in [5.41, 5.74) is 5.90. The normalized spacial score (nSPS) is 9.79. The van der Waals surface area contributed by atoms with Crippen molar-refractivity contribution < 1.29 is 4.79 Å². The van der Waals surface area contributed by atoms with Crippen LogP contribution in [0.3, 0.4) is 0 Å². The highest BCUT2D eigenvalue weighted by molar-refractivity contribution is 6.29. The number of hydrogen-bond acceptors (Lipinski definition) is 3. The Hall–Kier alpha value is -1.29. The van der Waals surface area contributed by atoms with Gasteiger partial charge >= 0.3 is 0 Å². The van der Waals surface area contributed by atoms with E-state index in [1.807, 2.05) is 6.07 Å². The van der Waals surface area contributed by atoms with Crippen LogP contribution in [0, 0.1) is 0 Å². The molecular weight excluding hydrogens is 202 g/mol. The van der Waals surface area contributed by atoms with Crippen molar-refractivity contribution in [3.63, 3.8) is 0 Å². The van der Waals surface area contributed by atoms with Crippen LogP contribution < -0.4 is 11.1 Å². The lowest BCUT2D eigenvalue weighted by Crippen LogP contribution is -2.12. The molecule has 0 atom stereocenters. The number of hydrogen-bond donors (Lipinski definition) is 2. The highest BCUT2D eigenvalue weighted by atomic mass is 35.5. The van der Waals surface area contributed by atoms with Crippen LogP contribution in [0.1, 0.15) is 12.8 Å². The Morgan fingerprint density at radius 2 is 2.43 bits per heavy atom. The van der Waals surface area contributed by atoms with Crippen molar-refractivity contribution in [2.45, 2.75) is 12.8 Å². The standard InChI is InChI=1S/C9H12ClN3O/c10-8-6-7(3-5-13-8)12-4-1-2-9(11)14/h3,5-6H,1-2,4H2,(H2,11,14)(H,12,13). The van der Waals surface area contributed by atoms with E-state index in [1.54, 1.807) is 12.3 Å². The van der Waals surface area contributed by atoms with E-state index in [0.29, 0.717) is 18.1 Å². The van der Waals surface area contributed by atoms with Crippen LogP contribution in [-0.2, 0) is 4.79 Å². The van der Waals surface area contributed by atoms with Crippen LogP contribution in [0.25, 0.3) is 0 Å². The predicted molar refractivity (Wildman–Crippen MR) is 56.2 cm³/mol. The first-order chi connectivity index (χ1) is 6.68. The molecule has 0 aliphatic heterocycles. The second-order valence-electron chi connectivity index (χ2n) is 2.86.